The van der Waals surface area contributed by atoms with Crippen LogP contribution in [0, 0.1) is 0 Å². The van der Waals surface area contributed by atoms with Crippen molar-refractivity contribution in [3.63, 3.8) is 0 Å². The number of anilines is 2. The number of aromatic amines is 1. The molecule has 0 unspecified atom stereocenters. The van der Waals surface area contributed by atoms with Crippen LogP contribution in [0.1, 0.15) is 70.5 Å². The quantitative estimate of drug-likeness (QED) is 0.0848. The summed E-state index contributed by atoms with van der Waals surface area (Å²) in [4.78, 5) is 49.5. The van der Waals surface area contributed by atoms with Gasteiger partial charge in [0, 0.05) is 60.9 Å². The minimum Gasteiger partial charge on any atom is -0.449 e. The van der Waals surface area contributed by atoms with Crippen molar-refractivity contribution in [2.75, 3.05) is 23.1 Å². The van der Waals surface area contributed by atoms with Crippen molar-refractivity contribution in [3.05, 3.63) is 124 Å². The lowest BCUT2D eigenvalue weighted by Gasteiger charge is -2.14. The lowest BCUT2D eigenvalue weighted by atomic mass is 10.1. The van der Waals surface area contributed by atoms with Crippen molar-refractivity contribution >= 4 is 35.5 Å². The Morgan fingerprint density at radius 3 is 1.84 bits per heavy atom. The molecule has 5 aromatic rings. The van der Waals surface area contributed by atoms with Crippen LogP contribution in [0.5, 0.6) is 0 Å². The van der Waals surface area contributed by atoms with Crippen LogP contribution in [-0.2, 0) is 67.9 Å². The molecule has 3 N–H and O–H groups in total. The second-order valence-corrected chi connectivity index (χ2v) is 15.3. The minimum atomic E-state index is -0.298. The number of imidazole rings is 1. The third-order valence-electron chi connectivity index (χ3n) is 10.9. The summed E-state index contributed by atoms with van der Waals surface area (Å²) in [7, 11) is 0. The third kappa shape index (κ3) is 9.10. The molecule has 0 fully saturated rings. The number of hydrogen-bond acceptors (Lipinski definition) is 9. The Morgan fingerprint density at radius 2 is 1.30 bits per heavy atom. The van der Waals surface area contributed by atoms with Gasteiger partial charge in [-0.2, -0.15) is 0 Å². The molecular weight excluding hydrogens is 728 g/mol. The molecule has 0 spiro atoms. The number of alkyl halides is 1. The number of unbranched alkanes of at least 4 members (excludes halogenated alkanes) is 1. The average Bonchev–Trinajstić information content (AvgIpc) is 4.06. The Labute approximate surface area is 331 Å². The number of hydrogen-bond donors (Lipinski definition) is 3. The fourth-order valence-electron chi connectivity index (χ4n) is 7.92. The number of nitrogens with one attached hydrogen (secondary N) is 3. The van der Waals surface area contributed by atoms with Gasteiger partial charge >= 0.3 is 6.09 Å². The van der Waals surface area contributed by atoms with Crippen LogP contribution in [0.15, 0.2) is 79.6 Å². The van der Waals surface area contributed by atoms with E-state index in [1.807, 2.05) is 40.6 Å². The summed E-state index contributed by atoms with van der Waals surface area (Å²) in [6.45, 7) is 3.35. The van der Waals surface area contributed by atoms with Gasteiger partial charge in [-0.3, -0.25) is 14.7 Å². The van der Waals surface area contributed by atoms with Crippen LogP contribution in [0.4, 0.5) is 16.7 Å². The molecule has 3 aromatic heterocycles. The highest BCUT2D eigenvalue weighted by molar-refractivity contribution is 6.17. The van der Waals surface area contributed by atoms with Crippen molar-refractivity contribution in [2.45, 2.75) is 96.2 Å². The Kier molecular flexibility index (Phi) is 11.7. The van der Waals surface area contributed by atoms with E-state index in [9.17, 15) is 9.59 Å². The first-order valence-electron chi connectivity index (χ1n) is 19.6. The number of benzene rings is 2. The normalized spacial score (nSPS) is 15.4. The molecule has 56 heavy (non-hydrogen) atoms. The highest BCUT2D eigenvalue weighted by atomic mass is 35.5. The van der Waals surface area contributed by atoms with Gasteiger partial charge in [0.1, 0.15) is 12.4 Å². The van der Waals surface area contributed by atoms with E-state index in [1.165, 1.54) is 22.3 Å². The number of nitrogens with zero attached hydrogens (tertiary/aromatic N) is 7. The van der Waals surface area contributed by atoms with Gasteiger partial charge < -0.3 is 20.3 Å². The number of H-pyrrole nitrogens is 1. The number of carbonyl (C=O) groups is 2. The maximum atomic E-state index is 12.4. The molecule has 2 aliphatic heterocycles. The van der Waals surface area contributed by atoms with E-state index in [0.717, 1.165) is 74.0 Å². The number of aryl methyl sites for hydroxylation is 1. The lowest BCUT2D eigenvalue weighted by molar-refractivity contribution is -0.696. The van der Waals surface area contributed by atoms with E-state index in [0.29, 0.717) is 69.1 Å². The smallest absolute Gasteiger partial charge is 0.410 e. The molecule has 0 bridgehead atoms. The topological polar surface area (TPSA) is 145 Å². The molecule has 5 heterocycles. The molecule has 0 atom stereocenters. The minimum absolute atomic E-state index is 0.175. The largest absolute Gasteiger partial charge is 0.449 e. The van der Waals surface area contributed by atoms with E-state index < -0.39 is 0 Å². The Morgan fingerprint density at radius 1 is 0.750 bits per heavy atom. The van der Waals surface area contributed by atoms with E-state index in [4.69, 9.17) is 16.3 Å². The highest BCUT2D eigenvalue weighted by Gasteiger charge is 2.29. The third-order valence-corrected chi connectivity index (χ3v) is 11.1. The molecule has 0 radical (unpaired) electrons. The predicted octanol–water partition coefficient (Wildman–Crippen LogP) is 5.52. The number of ether oxygens (including phenoxy) is 1. The maximum absolute atomic E-state index is 12.4. The number of fused-ring (bicyclic) bond motifs is 4. The molecule has 13 nitrogen and oxygen atoms in total. The van der Waals surface area contributed by atoms with Crippen LogP contribution in [-0.4, -0.2) is 71.3 Å². The summed E-state index contributed by atoms with van der Waals surface area (Å²) >= 11 is 5.68. The van der Waals surface area contributed by atoms with Gasteiger partial charge in [-0.05, 0) is 60.8 Å². The highest BCUT2D eigenvalue weighted by Crippen LogP contribution is 2.28. The molecule has 0 saturated carbocycles. The van der Waals surface area contributed by atoms with Gasteiger partial charge in [0.15, 0.2) is 0 Å². The standard InChI is InChI=1S/C22H24N6O2.C20H23ClN4O/c29-22(30-9-3-7-27-8-6-23-15-27)28-13-18-12-24-21(26-20(18)14-28)25-19-10-16-4-1-2-5-17(16)11-19;21-8-4-3-7-19(26)25-12-16-11-22-20(24-18(16)13-25)23-17-9-14-5-1-2-6-15(14)10-17/h1-2,4-6,8,12,15,19H,3,7,9-11,13-14H2,(H,24,25,26);1-2,5-6,11,17H,3-4,7-10,12-13H2,(H,22,23,24)/p+1. The zero-order chi connectivity index (χ0) is 38.3. The zero-order valence-corrected chi connectivity index (χ0v) is 32.3. The first-order chi connectivity index (χ1) is 27.5. The van der Waals surface area contributed by atoms with Gasteiger partial charge in [-0.25, -0.2) is 29.3 Å². The molecular formula is C42H48ClN10O3+. The maximum Gasteiger partial charge on any atom is 0.410 e. The Hall–Kier alpha value is -5.56. The van der Waals surface area contributed by atoms with E-state index in [2.05, 4.69) is 84.1 Å². The van der Waals surface area contributed by atoms with Crippen LogP contribution < -0.4 is 15.2 Å². The van der Waals surface area contributed by atoms with E-state index in [-0.39, 0.29) is 12.0 Å². The van der Waals surface area contributed by atoms with Crippen molar-refractivity contribution in [2.24, 2.45) is 0 Å². The summed E-state index contributed by atoms with van der Waals surface area (Å²) in [6, 6.07) is 17.7. The van der Waals surface area contributed by atoms with Crippen molar-refractivity contribution in [1.82, 2.24) is 34.7 Å². The predicted molar refractivity (Wildman–Crippen MR) is 212 cm³/mol. The summed E-state index contributed by atoms with van der Waals surface area (Å²) in [5.41, 5.74) is 9.47. The van der Waals surface area contributed by atoms with Crippen molar-refractivity contribution in [1.29, 1.82) is 0 Å². The Balaban J connectivity index is 0.000000159. The van der Waals surface area contributed by atoms with E-state index in [1.54, 1.807) is 4.90 Å². The lowest BCUT2D eigenvalue weighted by Crippen LogP contribution is -2.32. The first kappa shape index (κ1) is 37.4. The average molecular weight is 776 g/mol. The van der Waals surface area contributed by atoms with E-state index >= 15 is 0 Å². The molecule has 14 heteroatoms. The van der Waals surface area contributed by atoms with Crippen LogP contribution in [0.25, 0.3) is 0 Å². The van der Waals surface area contributed by atoms with Crippen LogP contribution in [0.2, 0.25) is 0 Å². The number of rotatable bonds is 12. The first-order valence-corrected chi connectivity index (χ1v) is 20.1. The van der Waals surface area contributed by atoms with Crippen molar-refractivity contribution in [3.8, 4) is 0 Å². The van der Waals surface area contributed by atoms with Gasteiger partial charge in [0.05, 0.1) is 44.2 Å². The number of aromatic nitrogens is 6. The monoisotopic (exact) mass is 775 g/mol. The Bertz CT molecular complexity index is 2100. The summed E-state index contributed by atoms with van der Waals surface area (Å²) < 4.78 is 7.45. The van der Waals surface area contributed by atoms with Gasteiger partial charge in [-0.1, -0.05) is 48.5 Å². The number of carbonyl (C=O) groups excluding carboxylic acids is 2. The molecule has 9 rings (SSSR count). The summed E-state index contributed by atoms with van der Waals surface area (Å²) in [5.74, 6) is 2.08. The molecule has 2 aliphatic carbocycles. The fraction of sp³-hybridized carbons (Fsp3) is 0.405. The molecule has 0 saturated heterocycles. The summed E-state index contributed by atoms with van der Waals surface area (Å²) in [5, 5.41) is 6.92. The van der Waals surface area contributed by atoms with Gasteiger partial charge in [0.2, 0.25) is 24.1 Å². The molecule has 4 aliphatic rings. The fourth-order valence-corrected chi connectivity index (χ4v) is 8.11. The molecule has 290 valence electrons. The van der Waals surface area contributed by atoms with Gasteiger partial charge in [-0.15, -0.1) is 11.6 Å². The van der Waals surface area contributed by atoms with Gasteiger partial charge in [0.25, 0.3) is 0 Å². The van der Waals surface area contributed by atoms with Crippen LogP contribution in [0.3, 0.4) is 0 Å². The molecule has 2 aromatic carbocycles. The van der Waals surface area contributed by atoms with Crippen molar-refractivity contribution < 1.29 is 18.9 Å². The van der Waals surface area contributed by atoms with Crippen LogP contribution >= 0.6 is 11.6 Å². The summed E-state index contributed by atoms with van der Waals surface area (Å²) in [6.07, 6.45) is 16.1. The second kappa shape index (κ2) is 17.5. The molecule has 2 amide bonds. The SMILES string of the molecule is O=C(CCCCCl)N1Cc2cnc(NC3Cc4ccccc4C3)nc2C1.O=C(OCCC[n+]1cc[nH]c1)N1Cc2cnc(NC3Cc4ccccc4C3)nc2C1. The second-order valence-electron chi connectivity index (χ2n) is 14.9. The number of halogens is 1. The number of amides is 2. The zero-order valence-electron chi connectivity index (χ0n) is 31.5.